The van der Waals surface area contributed by atoms with E-state index in [0.717, 1.165) is 32.5 Å². The third-order valence-corrected chi connectivity index (χ3v) is 4.18. The summed E-state index contributed by atoms with van der Waals surface area (Å²) in [4.78, 5) is 16.6. The van der Waals surface area contributed by atoms with Gasteiger partial charge in [-0.25, -0.2) is 0 Å². The molecule has 0 aromatic rings. The van der Waals surface area contributed by atoms with Crippen molar-refractivity contribution in [1.82, 2.24) is 15.1 Å². The molecule has 4 nitrogen and oxygen atoms in total. The molecule has 4 heteroatoms. The van der Waals surface area contributed by atoms with Crippen molar-refractivity contribution < 1.29 is 4.79 Å². The van der Waals surface area contributed by atoms with Gasteiger partial charge in [0.05, 0.1) is 5.92 Å². The number of likely N-dealkylation sites (tertiary alicyclic amines) is 1. The van der Waals surface area contributed by atoms with Gasteiger partial charge in [0.25, 0.3) is 0 Å². The molecule has 0 radical (unpaired) electrons. The van der Waals surface area contributed by atoms with Crippen LogP contribution in [0, 0.1) is 5.92 Å². The number of amides is 1. The second-order valence-corrected chi connectivity index (χ2v) is 5.54. The summed E-state index contributed by atoms with van der Waals surface area (Å²) in [5.41, 5.74) is 0. The van der Waals surface area contributed by atoms with Gasteiger partial charge in [-0.05, 0) is 45.8 Å². The monoisotopic (exact) mass is 239 g/mol. The maximum Gasteiger partial charge on any atom is 0.226 e. The predicted octanol–water partition coefficient (Wildman–Crippen LogP) is 0.539. The number of nitrogens with one attached hydrogen (secondary N) is 1. The summed E-state index contributed by atoms with van der Waals surface area (Å²) >= 11 is 0. The molecule has 98 valence electrons. The van der Waals surface area contributed by atoms with Crippen LogP contribution in [0.1, 0.15) is 25.7 Å². The number of hydrogen-bond acceptors (Lipinski definition) is 3. The first-order valence-electron chi connectivity index (χ1n) is 6.84. The molecule has 1 amide bonds. The maximum absolute atomic E-state index is 12.3. The van der Waals surface area contributed by atoms with Gasteiger partial charge in [0, 0.05) is 26.2 Å². The smallest absolute Gasteiger partial charge is 0.226 e. The fourth-order valence-corrected chi connectivity index (χ4v) is 2.99. The Morgan fingerprint density at radius 2 is 2.24 bits per heavy atom. The first kappa shape index (κ1) is 12.8. The Balaban J connectivity index is 1.81. The van der Waals surface area contributed by atoms with Crippen LogP contribution in [0.25, 0.3) is 0 Å². The highest BCUT2D eigenvalue weighted by molar-refractivity contribution is 5.79. The van der Waals surface area contributed by atoms with Gasteiger partial charge in [-0.3, -0.25) is 4.79 Å². The van der Waals surface area contributed by atoms with Crippen molar-refractivity contribution in [1.29, 1.82) is 0 Å². The summed E-state index contributed by atoms with van der Waals surface area (Å²) in [6, 6.07) is 0.570. The van der Waals surface area contributed by atoms with Gasteiger partial charge in [0.2, 0.25) is 5.91 Å². The van der Waals surface area contributed by atoms with Crippen LogP contribution in [0.4, 0.5) is 0 Å². The molecule has 2 rings (SSSR count). The lowest BCUT2D eigenvalue weighted by molar-refractivity contribution is -0.135. The van der Waals surface area contributed by atoms with E-state index in [-0.39, 0.29) is 5.92 Å². The van der Waals surface area contributed by atoms with Crippen LogP contribution >= 0.6 is 0 Å². The van der Waals surface area contributed by atoms with Gasteiger partial charge < -0.3 is 15.1 Å². The lowest BCUT2D eigenvalue weighted by atomic mass is 9.98. The summed E-state index contributed by atoms with van der Waals surface area (Å²) in [5, 5.41) is 3.32. The molecule has 1 unspecified atom stereocenters. The van der Waals surface area contributed by atoms with Crippen LogP contribution in [-0.4, -0.2) is 62.0 Å². The van der Waals surface area contributed by atoms with Crippen molar-refractivity contribution in [2.45, 2.75) is 31.7 Å². The minimum Gasteiger partial charge on any atom is -0.344 e. The zero-order chi connectivity index (χ0) is 12.3. The minimum atomic E-state index is 0.209. The molecule has 2 saturated heterocycles. The summed E-state index contributed by atoms with van der Waals surface area (Å²) in [6.07, 6.45) is 4.69. The Kier molecular flexibility index (Phi) is 4.40. The Bertz CT molecular complexity index is 263. The van der Waals surface area contributed by atoms with Crippen molar-refractivity contribution in [3.63, 3.8) is 0 Å². The van der Waals surface area contributed by atoms with Crippen molar-refractivity contribution in [2.75, 3.05) is 40.3 Å². The highest BCUT2D eigenvalue weighted by Gasteiger charge is 2.28. The molecular weight excluding hydrogens is 214 g/mol. The summed E-state index contributed by atoms with van der Waals surface area (Å²) in [5.74, 6) is 0.540. The molecule has 0 saturated carbocycles. The van der Waals surface area contributed by atoms with E-state index in [1.807, 2.05) is 11.9 Å². The molecule has 1 N–H and O–H groups in total. The normalized spacial score (nSPS) is 30.5. The van der Waals surface area contributed by atoms with Crippen LogP contribution < -0.4 is 5.32 Å². The Labute approximate surface area is 104 Å². The van der Waals surface area contributed by atoms with Gasteiger partial charge >= 0.3 is 0 Å². The summed E-state index contributed by atoms with van der Waals surface area (Å²) in [6.45, 7) is 4.01. The van der Waals surface area contributed by atoms with Gasteiger partial charge in [-0.2, -0.15) is 0 Å². The Hall–Kier alpha value is -0.610. The zero-order valence-electron chi connectivity index (χ0n) is 11.1. The van der Waals surface area contributed by atoms with E-state index in [1.165, 1.54) is 19.4 Å². The highest BCUT2D eigenvalue weighted by Crippen LogP contribution is 2.18. The van der Waals surface area contributed by atoms with Crippen LogP contribution in [-0.2, 0) is 4.79 Å². The molecule has 0 spiro atoms. The lowest BCUT2D eigenvalue weighted by Gasteiger charge is -2.30. The van der Waals surface area contributed by atoms with E-state index in [9.17, 15) is 4.79 Å². The SMILES string of the molecule is CN(CC1CCCN1C)C(=O)[C@H]1CCCNC1. The number of rotatable bonds is 3. The molecule has 2 heterocycles. The van der Waals surface area contributed by atoms with E-state index in [4.69, 9.17) is 0 Å². The molecule has 0 aliphatic carbocycles. The third-order valence-electron chi connectivity index (χ3n) is 4.18. The zero-order valence-corrected chi connectivity index (χ0v) is 11.1. The second kappa shape index (κ2) is 5.83. The molecule has 2 aliphatic heterocycles. The fourth-order valence-electron chi connectivity index (χ4n) is 2.99. The number of piperidine rings is 1. The first-order chi connectivity index (χ1) is 8.18. The quantitative estimate of drug-likeness (QED) is 0.781. The molecule has 0 bridgehead atoms. The van der Waals surface area contributed by atoms with Crippen molar-refractivity contribution in [3.05, 3.63) is 0 Å². The Morgan fingerprint density at radius 3 is 2.82 bits per heavy atom. The standard InChI is InChI=1S/C13H25N3O/c1-15-8-4-6-12(15)10-16(2)13(17)11-5-3-7-14-9-11/h11-12,14H,3-10H2,1-2H3/t11-,12?/m0/s1. The van der Waals surface area contributed by atoms with E-state index in [1.54, 1.807) is 0 Å². The van der Waals surface area contributed by atoms with Crippen molar-refractivity contribution >= 4 is 5.91 Å². The van der Waals surface area contributed by atoms with Crippen molar-refractivity contribution in [3.8, 4) is 0 Å². The summed E-state index contributed by atoms with van der Waals surface area (Å²) in [7, 11) is 4.13. The van der Waals surface area contributed by atoms with Gasteiger partial charge in [-0.15, -0.1) is 0 Å². The number of hydrogen-bond donors (Lipinski definition) is 1. The van der Waals surface area contributed by atoms with E-state index < -0.39 is 0 Å². The summed E-state index contributed by atoms with van der Waals surface area (Å²) < 4.78 is 0. The van der Waals surface area contributed by atoms with E-state index >= 15 is 0 Å². The fraction of sp³-hybridized carbons (Fsp3) is 0.923. The number of carbonyl (C=O) groups excluding carboxylic acids is 1. The lowest BCUT2D eigenvalue weighted by Crippen LogP contribution is -2.45. The number of carbonyl (C=O) groups is 1. The second-order valence-electron chi connectivity index (χ2n) is 5.54. The largest absolute Gasteiger partial charge is 0.344 e. The van der Waals surface area contributed by atoms with Crippen LogP contribution in [0.5, 0.6) is 0 Å². The van der Waals surface area contributed by atoms with Crippen molar-refractivity contribution in [2.24, 2.45) is 5.92 Å². The first-order valence-corrected chi connectivity index (χ1v) is 6.84. The minimum absolute atomic E-state index is 0.209. The van der Waals surface area contributed by atoms with Crippen LogP contribution in [0.15, 0.2) is 0 Å². The molecule has 2 atom stereocenters. The average Bonchev–Trinajstić information content (AvgIpc) is 2.75. The molecular formula is C13H25N3O. The third kappa shape index (κ3) is 3.19. The average molecular weight is 239 g/mol. The van der Waals surface area contributed by atoms with Crippen LogP contribution in [0.2, 0.25) is 0 Å². The number of nitrogens with zero attached hydrogens (tertiary/aromatic N) is 2. The molecule has 2 fully saturated rings. The van der Waals surface area contributed by atoms with Gasteiger partial charge in [-0.1, -0.05) is 0 Å². The molecule has 17 heavy (non-hydrogen) atoms. The molecule has 0 aromatic carbocycles. The number of likely N-dealkylation sites (N-methyl/N-ethyl adjacent to an activating group) is 2. The molecule has 2 aliphatic rings. The predicted molar refractivity (Wildman–Crippen MR) is 68.9 cm³/mol. The van der Waals surface area contributed by atoms with E-state index in [2.05, 4.69) is 17.3 Å². The van der Waals surface area contributed by atoms with Crippen LogP contribution in [0.3, 0.4) is 0 Å². The van der Waals surface area contributed by atoms with Gasteiger partial charge in [0.15, 0.2) is 0 Å². The molecule has 0 aromatic heterocycles. The highest BCUT2D eigenvalue weighted by atomic mass is 16.2. The van der Waals surface area contributed by atoms with Gasteiger partial charge in [0.1, 0.15) is 0 Å². The van der Waals surface area contributed by atoms with E-state index in [0.29, 0.717) is 11.9 Å². The topological polar surface area (TPSA) is 35.6 Å². The Morgan fingerprint density at radius 1 is 1.41 bits per heavy atom. The maximum atomic E-state index is 12.3.